The van der Waals surface area contributed by atoms with Crippen molar-refractivity contribution in [1.82, 2.24) is 14.9 Å². The Hall–Kier alpha value is -1.00. The molecule has 0 aliphatic carbocycles. The van der Waals surface area contributed by atoms with Gasteiger partial charge in [0.2, 0.25) is 0 Å². The van der Waals surface area contributed by atoms with Crippen LogP contribution >= 0.6 is 0 Å². The highest BCUT2D eigenvalue weighted by Gasteiger charge is 2.25. The van der Waals surface area contributed by atoms with E-state index in [0.29, 0.717) is 12.0 Å². The van der Waals surface area contributed by atoms with Crippen LogP contribution in [0, 0.1) is 5.92 Å². The zero-order valence-corrected chi connectivity index (χ0v) is 9.13. The zero-order chi connectivity index (χ0) is 10.7. The Bertz CT molecular complexity index is 299. The monoisotopic (exact) mass is 206 g/mol. The van der Waals surface area contributed by atoms with Crippen molar-refractivity contribution in [2.24, 2.45) is 11.7 Å². The molecule has 0 spiro atoms. The molecule has 82 valence electrons. The van der Waals surface area contributed by atoms with E-state index < -0.39 is 0 Å². The van der Waals surface area contributed by atoms with E-state index in [4.69, 9.17) is 5.73 Å². The van der Waals surface area contributed by atoms with Crippen LogP contribution in [-0.4, -0.2) is 34.0 Å². The molecule has 0 radical (unpaired) electrons. The highest BCUT2D eigenvalue weighted by Crippen LogP contribution is 2.19. The number of nitrogens with two attached hydrogens (primary N) is 1. The summed E-state index contributed by atoms with van der Waals surface area (Å²) in [7, 11) is 0. The van der Waals surface area contributed by atoms with Gasteiger partial charge in [0.1, 0.15) is 0 Å². The lowest BCUT2D eigenvalue weighted by molar-refractivity contribution is 0.304. The molecule has 2 N–H and O–H groups in total. The van der Waals surface area contributed by atoms with Crippen molar-refractivity contribution in [3.8, 4) is 0 Å². The minimum atomic E-state index is 0.303. The van der Waals surface area contributed by atoms with Crippen molar-refractivity contribution >= 4 is 0 Å². The van der Waals surface area contributed by atoms with Crippen LogP contribution in [0.3, 0.4) is 0 Å². The average molecular weight is 206 g/mol. The molecule has 4 heteroatoms. The van der Waals surface area contributed by atoms with Gasteiger partial charge in [-0.1, -0.05) is 0 Å². The molecule has 1 saturated heterocycles. The number of nitrogens with zero attached hydrogens (tertiary/aromatic N) is 3. The molecule has 0 bridgehead atoms. The highest BCUT2D eigenvalue weighted by atomic mass is 15.2. The van der Waals surface area contributed by atoms with Crippen molar-refractivity contribution in [2.75, 3.05) is 13.1 Å². The minimum absolute atomic E-state index is 0.303. The maximum absolute atomic E-state index is 5.90. The quantitative estimate of drug-likeness (QED) is 0.788. The Labute approximate surface area is 90.5 Å². The van der Waals surface area contributed by atoms with Crippen molar-refractivity contribution in [3.63, 3.8) is 0 Å². The molecular formula is C11H18N4. The topological polar surface area (TPSA) is 55.0 Å². The third-order valence-corrected chi connectivity index (χ3v) is 3.05. The molecule has 1 aromatic rings. The van der Waals surface area contributed by atoms with E-state index in [-0.39, 0.29) is 0 Å². The van der Waals surface area contributed by atoms with E-state index in [1.54, 1.807) is 12.4 Å². The molecule has 1 aliphatic rings. The van der Waals surface area contributed by atoms with Gasteiger partial charge in [-0.05, 0) is 25.8 Å². The van der Waals surface area contributed by atoms with Gasteiger partial charge in [-0.15, -0.1) is 0 Å². The maximum atomic E-state index is 5.90. The summed E-state index contributed by atoms with van der Waals surface area (Å²) in [4.78, 5) is 10.7. The summed E-state index contributed by atoms with van der Waals surface area (Å²) in [5.41, 5.74) is 6.94. The van der Waals surface area contributed by atoms with E-state index in [1.807, 2.05) is 6.20 Å². The predicted molar refractivity (Wildman–Crippen MR) is 59.1 cm³/mol. The summed E-state index contributed by atoms with van der Waals surface area (Å²) < 4.78 is 0. The van der Waals surface area contributed by atoms with Gasteiger partial charge >= 0.3 is 0 Å². The Balaban J connectivity index is 1.88. The SMILES string of the molecule is CC(N)C1CCN(Cc2cnccn2)C1. The van der Waals surface area contributed by atoms with Gasteiger partial charge in [-0.25, -0.2) is 0 Å². The molecule has 0 saturated carbocycles. The average Bonchev–Trinajstić information content (AvgIpc) is 2.68. The molecule has 1 aliphatic heterocycles. The third-order valence-electron chi connectivity index (χ3n) is 3.05. The number of aromatic nitrogens is 2. The van der Waals surface area contributed by atoms with Gasteiger partial charge < -0.3 is 5.73 Å². The maximum Gasteiger partial charge on any atom is 0.0726 e. The number of hydrogen-bond donors (Lipinski definition) is 1. The molecule has 4 nitrogen and oxygen atoms in total. The number of likely N-dealkylation sites (tertiary alicyclic amines) is 1. The van der Waals surface area contributed by atoms with E-state index >= 15 is 0 Å². The Morgan fingerprint density at radius 1 is 1.60 bits per heavy atom. The molecule has 2 atom stereocenters. The Morgan fingerprint density at radius 2 is 2.47 bits per heavy atom. The van der Waals surface area contributed by atoms with Crippen molar-refractivity contribution in [3.05, 3.63) is 24.3 Å². The highest BCUT2D eigenvalue weighted by molar-refractivity contribution is 4.95. The first-order valence-corrected chi connectivity index (χ1v) is 5.48. The fraction of sp³-hybridized carbons (Fsp3) is 0.636. The van der Waals surface area contributed by atoms with Crippen LogP contribution in [0.15, 0.2) is 18.6 Å². The lowest BCUT2D eigenvalue weighted by Crippen LogP contribution is -2.29. The third kappa shape index (κ3) is 2.73. The standard InChI is InChI=1S/C11H18N4/c1-9(12)10-2-5-15(7-10)8-11-6-13-3-4-14-11/h3-4,6,9-10H,2,5,7-8,12H2,1H3. The van der Waals surface area contributed by atoms with Crippen LogP contribution in [0.1, 0.15) is 19.0 Å². The summed E-state index contributed by atoms with van der Waals surface area (Å²) in [6.07, 6.45) is 6.49. The lowest BCUT2D eigenvalue weighted by atomic mass is 10.0. The molecule has 1 aromatic heterocycles. The van der Waals surface area contributed by atoms with Crippen molar-refractivity contribution in [2.45, 2.75) is 25.9 Å². The summed E-state index contributed by atoms with van der Waals surface area (Å²) in [6, 6.07) is 0.303. The molecule has 2 rings (SSSR count). The van der Waals surface area contributed by atoms with Crippen LogP contribution in [0.25, 0.3) is 0 Å². The van der Waals surface area contributed by atoms with E-state index in [0.717, 1.165) is 25.3 Å². The first-order valence-electron chi connectivity index (χ1n) is 5.48. The molecule has 2 heterocycles. The predicted octanol–water partition coefficient (Wildman–Crippen LogP) is 0.646. The Morgan fingerprint density at radius 3 is 3.07 bits per heavy atom. The summed E-state index contributed by atoms with van der Waals surface area (Å²) in [5.74, 6) is 0.640. The first kappa shape index (κ1) is 10.5. The van der Waals surface area contributed by atoms with Gasteiger partial charge in [0, 0.05) is 37.7 Å². The zero-order valence-electron chi connectivity index (χ0n) is 9.13. The Kier molecular flexibility index (Phi) is 3.28. The molecule has 15 heavy (non-hydrogen) atoms. The van der Waals surface area contributed by atoms with Gasteiger partial charge in [0.15, 0.2) is 0 Å². The van der Waals surface area contributed by atoms with Crippen LogP contribution in [-0.2, 0) is 6.54 Å². The second-order valence-corrected chi connectivity index (χ2v) is 4.34. The van der Waals surface area contributed by atoms with Crippen LogP contribution < -0.4 is 5.73 Å². The first-order chi connectivity index (χ1) is 7.25. The van der Waals surface area contributed by atoms with Crippen molar-refractivity contribution < 1.29 is 0 Å². The minimum Gasteiger partial charge on any atom is -0.328 e. The van der Waals surface area contributed by atoms with Gasteiger partial charge in [0.05, 0.1) is 5.69 Å². The second kappa shape index (κ2) is 4.68. The van der Waals surface area contributed by atoms with Crippen LogP contribution in [0.5, 0.6) is 0 Å². The van der Waals surface area contributed by atoms with Crippen molar-refractivity contribution in [1.29, 1.82) is 0 Å². The lowest BCUT2D eigenvalue weighted by Gasteiger charge is -2.16. The molecule has 2 unspecified atom stereocenters. The van der Waals surface area contributed by atoms with Crippen LogP contribution in [0.4, 0.5) is 0 Å². The number of hydrogen-bond acceptors (Lipinski definition) is 4. The molecule has 0 amide bonds. The second-order valence-electron chi connectivity index (χ2n) is 4.34. The normalized spacial score (nSPS) is 24.3. The molecule has 0 aromatic carbocycles. The summed E-state index contributed by atoms with van der Waals surface area (Å²) >= 11 is 0. The smallest absolute Gasteiger partial charge is 0.0726 e. The number of rotatable bonds is 3. The van der Waals surface area contributed by atoms with Crippen LogP contribution in [0.2, 0.25) is 0 Å². The van der Waals surface area contributed by atoms with E-state index in [2.05, 4.69) is 21.8 Å². The van der Waals surface area contributed by atoms with Gasteiger partial charge in [-0.2, -0.15) is 0 Å². The fourth-order valence-corrected chi connectivity index (χ4v) is 2.08. The fourth-order valence-electron chi connectivity index (χ4n) is 2.08. The largest absolute Gasteiger partial charge is 0.328 e. The van der Waals surface area contributed by atoms with E-state index in [9.17, 15) is 0 Å². The molecular weight excluding hydrogens is 188 g/mol. The molecule has 1 fully saturated rings. The van der Waals surface area contributed by atoms with Gasteiger partial charge in [-0.3, -0.25) is 14.9 Å². The van der Waals surface area contributed by atoms with E-state index in [1.165, 1.54) is 6.42 Å². The summed E-state index contributed by atoms with van der Waals surface area (Å²) in [6.45, 7) is 5.21. The summed E-state index contributed by atoms with van der Waals surface area (Å²) in [5, 5.41) is 0. The van der Waals surface area contributed by atoms with Gasteiger partial charge in [0.25, 0.3) is 0 Å².